The lowest BCUT2D eigenvalue weighted by molar-refractivity contribution is -0.139. The zero-order valence-electron chi connectivity index (χ0n) is 10.9. The van der Waals surface area contributed by atoms with Gasteiger partial charge in [0.05, 0.1) is 0 Å². The van der Waals surface area contributed by atoms with Crippen molar-refractivity contribution in [3.8, 4) is 0 Å². The smallest absolute Gasteiger partial charge is 0.225 e. The molecule has 0 bridgehead atoms. The molecule has 0 aromatic carbocycles. The Labute approximate surface area is 99.4 Å². The summed E-state index contributed by atoms with van der Waals surface area (Å²) in [5.41, 5.74) is 5.80. The molecule has 1 heterocycles. The Morgan fingerprint density at radius 2 is 2.19 bits per heavy atom. The monoisotopic (exact) mass is 226 g/mol. The van der Waals surface area contributed by atoms with Crippen LogP contribution in [0.4, 0.5) is 0 Å². The van der Waals surface area contributed by atoms with Crippen LogP contribution in [0.5, 0.6) is 0 Å². The first-order valence-electron chi connectivity index (χ1n) is 6.64. The van der Waals surface area contributed by atoms with E-state index in [1.165, 1.54) is 6.42 Å². The molecule has 1 rings (SSSR count). The molecule has 0 aromatic rings. The van der Waals surface area contributed by atoms with Crippen molar-refractivity contribution in [2.24, 2.45) is 17.6 Å². The van der Waals surface area contributed by atoms with Gasteiger partial charge in [0.1, 0.15) is 0 Å². The minimum absolute atomic E-state index is 0.146. The van der Waals surface area contributed by atoms with Crippen LogP contribution in [0.25, 0.3) is 0 Å². The van der Waals surface area contributed by atoms with Crippen LogP contribution in [0.1, 0.15) is 46.5 Å². The fourth-order valence-corrected chi connectivity index (χ4v) is 2.48. The van der Waals surface area contributed by atoms with E-state index in [9.17, 15) is 4.79 Å². The predicted octanol–water partition coefficient (Wildman–Crippen LogP) is 2.01. The second-order valence-corrected chi connectivity index (χ2v) is 5.03. The Morgan fingerprint density at radius 3 is 2.69 bits per heavy atom. The first-order valence-corrected chi connectivity index (χ1v) is 6.64. The van der Waals surface area contributed by atoms with Crippen LogP contribution in [0, 0.1) is 11.8 Å². The number of amides is 1. The molecule has 0 spiro atoms. The van der Waals surface area contributed by atoms with Gasteiger partial charge in [-0.25, -0.2) is 0 Å². The Kier molecular flexibility index (Phi) is 5.26. The fraction of sp³-hybridized carbons (Fsp3) is 0.923. The lowest BCUT2D eigenvalue weighted by Gasteiger charge is -2.40. The highest BCUT2D eigenvalue weighted by atomic mass is 16.2. The average Bonchev–Trinajstić information content (AvgIpc) is 2.35. The van der Waals surface area contributed by atoms with E-state index in [-0.39, 0.29) is 12.0 Å². The summed E-state index contributed by atoms with van der Waals surface area (Å²) in [6.07, 6.45) is 4.37. The van der Waals surface area contributed by atoms with Crippen LogP contribution in [0.3, 0.4) is 0 Å². The maximum atomic E-state index is 12.2. The van der Waals surface area contributed by atoms with E-state index in [1.807, 2.05) is 11.8 Å². The molecule has 1 aliphatic rings. The molecule has 0 radical (unpaired) electrons. The fourth-order valence-electron chi connectivity index (χ4n) is 2.48. The molecule has 1 saturated heterocycles. The zero-order valence-corrected chi connectivity index (χ0v) is 10.9. The van der Waals surface area contributed by atoms with Gasteiger partial charge in [0.2, 0.25) is 5.91 Å². The van der Waals surface area contributed by atoms with Gasteiger partial charge in [-0.2, -0.15) is 0 Å². The molecule has 3 nitrogen and oxygen atoms in total. The van der Waals surface area contributed by atoms with E-state index < -0.39 is 0 Å². The third-order valence-electron chi connectivity index (χ3n) is 3.99. The van der Waals surface area contributed by atoms with E-state index in [0.29, 0.717) is 12.5 Å². The summed E-state index contributed by atoms with van der Waals surface area (Å²) in [6.45, 7) is 7.83. The Balaban J connectivity index is 2.62. The number of piperidine rings is 1. The van der Waals surface area contributed by atoms with E-state index in [1.54, 1.807) is 0 Å². The molecular weight excluding hydrogens is 200 g/mol. The summed E-state index contributed by atoms with van der Waals surface area (Å²) in [5, 5.41) is 0. The molecule has 94 valence electrons. The van der Waals surface area contributed by atoms with E-state index in [4.69, 9.17) is 5.73 Å². The third kappa shape index (κ3) is 2.97. The van der Waals surface area contributed by atoms with E-state index in [2.05, 4.69) is 13.8 Å². The number of carbonyl (C=O) groups is 1. The highest BCUT2D eigenvalue weighted by Crippen LogP contribution is 2.26. The van der Waals surface area contributed by atoms with Crippen molar-refractivity contribution in [2.45, 2.75) is 52.5 Å². The minimum Gasteiger partial charge on any atom is -0.338 e. The SMILES string of the molecule is CCC1CCN(C(=O)C(C)CC)C(CN)C1. The summed E-state index contributed by atoms with van der Waals surface area (Å²) >= 11 is 0. The molecule has 0 aromatic heterocycles. The van der Waals surface area contributed by atoms with Crippen molar-refractivity contribution >= 4 is 5.91 Å². The maximum Gasteiger partial charge on any atom is 0.225 e. The Bertz CT molecular complexity index is 230. The summed E-state index contributed by atoms with van der Waals surface area (Å²) in [5.74, 6) is 1.20. The van der Waals surface area contributed by atoms with Crippen LogP contribution in [-0.2, 0) is 4.79 Å². The largest absolute Gasteiger partial charge is 0.338 e. The van der Waals surface area contributed by atoms with Gasteiger partial charge >= 0.3 is 0 Å². The number of likely N-dealkylation sites (tertiary alicyclic amines) is 1. The van der Waals surface area contributed by atoms with Gasteiger partial charge in [-0.05, 0) is 25.2 Å². The van der Waals surface area contributed by atoms with Crippen molar-refractivity contribution in [3.05, 3.63) is 0 Å². The van der Waals surface area contributed by atoms with Gasteiger partial charge in [0.15, 0.2) is 0 Å². The molecule has 1 aliphatic heterocycles. The molecule has 16 heavy (non-hydrogen) atoms. The van der Waals surface area contributed by atoms with E-state index in [0.717, 1.165) is 31.7 Å². The first kappa shape index (κ1) is 13.5. The molecular formula is C13H26N2O. The van der Waals surface area contributed by atoms with Crippen LogP contribution in [0.2, 0.25) is 0 Å². The summed E-state index contributed by atoms with van der Waals surface area (Å²) in [6, 6.07) is 0.278. The quantitative estimate of drug-likeness (QED) is 0.797. The lowest BCUT2D eigenvalue weighted by Crippen LogP contribution is -2.51. The number of hydrogen-bond acceptors (Lipinski definition) is 2. The molecule has 0 aliphatic carbocycles. The third-order valence-corrected chi connectivity index (χ3v) is 3.99. The molecule has 1 amide bonds. The van der Waals surface area contributed by atoms with Gasteiger partial charge in [-0.1, -0.05) is 27.2 Å². The number of carbonyl (C=O) groups excluding carboxylic acids is 1. The second-order valence-electron chi connectivity index (χ2n) is 5.03. The predicted molar refractivity (Wildman–Crippen MR) is 67.0 cm³/mol. The number of nitrogens with zero attached hydrogens (tertiary/aromatic N) is 1. The highest BCUT2D eigenvalue weighted by molar-refractivity contribution is 5.78. The molecule has 0 saturated carbocycles. The number of nitrogens with two attached hydrogens (primary N) is 1. The standard InChI is InChI=1S/C13H26N2O/c1-4-10(3)13(16)15-7-6-11(5-2)8-12(15)9-14/h10-12H,4-9,14H2,1-3H3. The van der Waals surface area contributed by atoms with Crippen LogP contribution < -0.4 is 5.73 Å². The van der Waals surface area contributed by atoms with Gasteiger partial charge in [-0.3, -0.25) is 4.79 Å². The molecule has 3 unspecified atom stereocenters. The minimum atomic E-state index is 0.146. The van der Waals surface area contributed by atoms with Crippen LogP contribution >= 0.6 is 0 Å². The molecule has 3 atom stereocenters. The number of rotatable bonds is 4. The van der Waals surface area contributed by atoms with Gasteiger partial charge < -0.3 is 10.6 Å². The van der Waals surface area contributed by atoms with E-state index >= 15 is 0 Å². The molecule has 3 heteroatoms. The van der Waals surface area contributed by atoms with Crippen molar-refractivity contribution in [2.75, 3.05) is 13.1 Å². The topological polar surface area (TPSA) is 46.3 Å². The average molecular weight is 226 g/mol. The first-order chi connectivity index (χ1) is 7.63. The second kappa shape index (κ2) is 6.24. The van der Waals surface area contributed by atoms with Crippen LogP contribution in [0.15, 0.2) is 0 Å². The lowest BCUT2D eigenvalue weighted by atomic mass is 9.88. The summed E-state index contributed by atoms with van der Waals surface area (Å²) < 4.78 is 0. The van der Waals surface area contributed by atoms with Crippen molar-refractivity contribution in [1.29, 1.82) is 0 Å². The number of hydrogen-bond donors (Lipinski definition) is 1. The van der Waals surface area contributed by atoms with Crippen LogP contribution in [-0.4, -0.2) is 29.9 Å². The van der Waals surface area contributed by atoms with Crippen molar-refractivity contribution in [1.82, 2.24) is 4.90 Å². The Morgan fingerprint density at radius 1 is 1.50 bits per heavy atom. The van der Waals surface area contributed by atoms with Gasteiger partial charge in [0, 0.05) is 25.0 Å². The Hall–Kier alpha value is -0.570. The normalized spacial score (nSPS) is 27.9. The maximum absolute atomic E-state index is 12.2. The molecule has 2 N–H and O–H groups in total. The van der Waals surface area contributed by atoms with Crippen molar-refractivity contribution < 1.29 is 4.79 Å². The summed E-state index contributed by atoms with van der Waals surface area (Å²) in [7, 11) is 0. The van der Waals surface area contributed by atoms with Crippen molar-refractivity contribution in [3.63, 3.8) is 0 Å². The summed E-state index contributed by atoms with van der Waals surface area (Å²) in [4.78, 5) is 14.2. The van der Waals surface area contributed by atoms with Gasteiger partial charge in [0.25, 0.3) is 0 Å². The van der Waals surface area contributed by atoms with Gasteiger partial charge in [-0.15, -0.1) is 0 Å². The highest BCUT2D eigenvalue weighted by Gasteiger charge is 2.31. The zero-order chi connectivity index (χ0) is 12.1. The molecule has 1 fully saturated rings.